The lowest BCUT2D eigenvalue weighted by Crippen LogP contribution is -2.37. The first kappa shape index (κ1) is 15.9. The van der Waals surface area contributed by atoms with Crippen LogP contribution in [-0.2, 0) is 14.8 Å². The van der Waals surface area contributed by atoms with Crippen LogP contribution in [0, 0.1) is 6.92 Å². The zero-order chi connectivity index (χ0) is 14.6. The molecule has 0 aliphatic carbocycles. The SMILES string of the molecule is CC(=O)N(CCNS(C)(=O)=O)c1ccc(C)c(Cl)c1. The summed E-state index contributed by atoms with van der Waals surface area (Å²) in [6, 6.07) is 5.29. The van der Waals surface area contributed by atoms with Gasteiger partial charge in [-0.15, -0.1) is 0 Å². The summed E-state index contributed by atoms with van der Waals surface area (Å²) in [7, 11) is -3.26. The average Bonchev–Trinajstić information content (AvgIpc) is 2.26. The topological polar surface area (TPSA) is 66.5 Å². The number of nitrogens with zero attached hydrogens (tertiary/aromatic N) is 1. The van der Waals surface area contributed by atoms with Crippen LogP contribution < -0.4 is 9.62 Å². The third-order valence-corrected chi connectivity index (χ3v) is 3.68. The number of carbonyl (C=O) groups is 1. The van der Waals surface area contributed by atoms with E-state index in [4.69, 9.17) is 11.6 Å². The van der Waals surface area contributed by atoms with Gasteiger partial charge in [-0.05, 0) is 24.6 Å². The fourth-order valence-electron chi connectivity index (χ4n) is 1.56. The Hall–Kier alpha value is -1.11. The molecule has 1 N–H and O–H groups in total. The maximum atomic E-state index is 11.6. The second kappa shape index (κ2) is 6.36. The molecule has 1 rings (SSSR count). The monoisotopic (exact) mass is 304 g/mol. The van der Waals surface area contributed by atoms with Gasteiger partial charge in [-0.1, -0.05) is 17.7 Å². The zero-order valence-corrected chi connectivity index (χ0v) is 12.7. The number of anilines is 1. The number of amides is 1. The van der Waals surface area contributed by atoms with Crippen molar-refractivity contribution in [3.05, 3.63) is 28.8 Å². The minimum atomic E-state index is -3.26. The van der Waals surface area contributed by atoms with Crippen LogP contribution in [0.5, 0.6) is 0 Å². The largest absolute Gasteiger partial charge is 0.311 e. The van der Waals surface area contributed by atoms with Crippen molar-refractivity contribution in [2.45, 2.75) is 13.8 Å². The first-order valence-electron chi connectivity index (χ1n) is 5.69. The zero-order valence-electron chi connectivity index (χ0n) is 11.1. The highest BCUT2D eigenvalue weighted by molar-refractivity contribution is 7.88. The number of nitrogens with one attached hydrogen (secondary N) is 1. The van der Waals surface area contributed by atoms with Crippen molar-refractivity contribution >= 4 is 33.2 Å². The van der Waals surface area contributed by atoms with E-state index in [0.29, 0.717) is 10.7 Å². The molecule has 0 fully saturated rings. The highest BCUT2D eigenvalue weighted by Gasteiger charge is 2.13. The number of rotatable bonds is 5. The lowest BCUT2D eigenvalue weighted by molar-refractivity contribution is -0.116. The molecule has 19 heavy (non-hydrogen) atoms. The fourth-order valence-corrected chi connectivity index (χ4v) is 2.20. The summed E-state index contributed by atoms with van der Waals surface area (Å²) in [6.45, 7) is 3.70. The molecule has 0 unspecified atom stereocenters. The molecule has 0 saturated heterocycles. The van der Waals surface area contributed by atoms with Gasteiger partial charge in [0.2, 0.25) is 15.9 Å². The van der Waals surface area contributed by atoms with E-state index in [1.807, 2.05) is 13.0 Å². The quantitative estimate of drug-likeness (QED) is 0.897. The molecule has 0 bridgehead atoms. The van der Waals surface area contributed by atoms with Gasteiger partial charge in [0.25, 0.3) is 0 Å². The number of benzene rings is 1. The van der Waals surface area contributed by atoms with E-state index in [1.165, 1.54) is 11.8 Å². The lowest BCUT2D eigenvalue weighted by atomic mass is 10.2. The molecule has 5 nitrogen and oxygen atoms in total. The Labute approximate surface area is 118 Å². The Balaban J connectivity index is 2.83. The summed E-state index contributed by atoms with van der Waals surface area (Å²) in [5, 5.41) is 0.569. The summed E-state index contributed by atoms with van der Waals surface area (Å²) in [5.74, 6) is -0.171. The predicted molar refractivity (Wildman–Crippen MR) is 77.1 cm³/mol. The summed E-state index contributed by atoms with van der Waals surface area (Å²) >= 11 is 6.02. The highest BCUT2D eigenvalue weighted by Crippen LogP contribution is 2.23. The maximum Gasteiger partial charge on any atom is 0.223 e. The molecule has 0 aromatic heterocycles. The number of hydrogen-bond acceptors (Lipinski definition) is 3. The third kappa shape index (κ3) is 5.18. The van der Waals surface area contributed by atoms with Gasteiger partial charge >= 0.3 is 0 Å². The van der Waals surface area contributed by atoms with Gasteiger partial charge in [-0.3, -0.25) is 4.79 Å². The first-order valence-corrected chi connectivity index (χ1v) is 7.96. The van der Waals surface area contributed by atoms with E-state index in [1.54, 1.807) is 12.1 Å². The van der Waals surface area contributed by atoms with Crippen LogP contribution in [0.4, 0.5) is 5.69 Å². The molecule has 0 heterocycles. The number of carbonyl (C=O) groups excluding carboxylic acids is 1. The fraction of sp³-hybridized carbons (Fsp3) is 0.417. The maximum absolute atomic E-state index is 11.6. The van der Waals surface area contributed by atoms with Gasteiger partial charge in [-0.2, -0.15) is 0 Å². The van der Waals surface area contributed by atoms with Crippen LogP contribution in [0.25, 0.3) is 0 Å². The molecule has 0 spiro atoms. The van der Waals surface area contributed by atoms with Crippen LogP contribution in [-0.4, -0.2) is 33.7 Å². The molecule has 1 aromatic rings. The predicted octanol–water partition coefficient (Wildman–Crippen LogP) is 1.55. The molecular weight excluding hydrogens is 288 g/mol. The molecule has 7 heteroatoms. The summed E-state index contributed by atoms with van der Waals surface area (Å²) < 4.78 is 24.3. The molecule has 0 atom stereocenters. The van der Waals surface area contributed by atoms with Gasteiger partial charge in [0, 0.05) is 30.7 Å². The lowest BCUT2D eigenvalue weighted by Gasteiger charge is -2.21. The smallest absolute Gasteiger partial charge is 0.223 e. The van der Waals surface area contributed by atoms with Crippen molar-refractivity contribution in [1.29, 1.82) is 0 Å². The second-order valence-corrected chi connectivity index (χ2v) is 6.51. The first-order chi connectivity index (χ1) is 8.70. The molecule has 0 aliphatic heterocycles. The molecular formula is C12H17ClN2O3S. The summed E-state index contributed by atoms with van der Waals surface area (Å²) in [4.78, 5) is 13.1. The van der Waals surface area contributed by atoms with Gasteiger partial charge in [0.1, 0.15) is 0 Å². The van der Waals surface area contributed by atoms with E-state index >= 15 is 0 Å². The van der Waals surface area contributed by atoms with Crippen molar-refractivity contribution < 1.29 is 13.2 Å². The van der Waals surface area contributed by atoms with Gasteiger partial charge in [0.05, 0.1) is 6.26 Å². The van der Waals surface area contributed by atoms with E-state index < -0.39 is 10.0 Å². The molecule has 0 aliphatic rings. The number of aryl methyl sites for hydroxylation is 1. The molecule has 0 radical (unpaired) electrons. The summed E-state index contributed by atoms with van der Waals surface area (Å²) in [5.41, 5.74) is 1.57. The number of sulfonamides is 1. The standard InChI is InChI=1S/C12H17ClN2O3S/c1-9-4-5-11(8-12(9)13)15(10(2)16)7-6-14-19(3,17)18/h4-5,8,14H,6-7H2,1-3H3. The summed E-state index contributed by atoms with van der Waals surface area (Å²) in [6.07, 6.45) is 1.08. The van der Waals surface area contributed by atoms with Crippen LogP contribution in [0.1, 0.15) is 12.5 Å². The van der Waals surface area contributed by atoms with Crippen molar-refractivity contribution in [3.8, 4) is 0 Å². The van der Waals surface area contributed by atoms with Crippen LogP contribution >= 0.6 is 11.6 Å². The Kier molecular flexibility index (Phi) is 5.34. The Morgan fingerprint density at radius 3 is 2.53 bits per heavy atom. The van der Waals surface area contributed by atoms with Gasteiger partial charge in [-0.25, -0.2) is 13.1 Å². The van der Waals surface area contributed by atoms with Crippen LogP contribution in [0.3, 0.4) is 0 Å². The minimum absolute atomic E-state index is 0.157. The normalized spacial score (nSPS) is 11.4. The second-order valence-electron chi connectivity index (χ2n) is 4.27. The van der Waals surface area contributed by atoms with E-state index in [0.717, 1.165) is 11.8 Å². The van der Waals surface area contributed by atoms with Crippen LogP contribution in [0.15, 0.2) is 18.2 Å². The van der Waals surface area contributed by atoms with Gasteiger partial charge in [0.15, 0.2) is 0 Å². The van der Waals surface area contributed by atoms with Crippen LogP contribution in [0.2, 0.25) is 5.02 Å². The van der Waals surface area contributed by atoms with Crippen molar-refractivity contribution in [2.75, 3.05) is 24.2 Å². The number of hydrogen-bond donors (Lipinski definition) is 1. The molecule has 106 valence electrons. The van der Waals surface area contributed by atoms with E-state index in [2.05, 4.69) is 4.72 Å². The molecule has 0 saturated carbocycles. The molecule has 1 aromatic carbocycles. The molecule has 1 amide bonds. The Bertz CT molecular complexity index is 572. The van der Waals surface area contributed by atoms with E-state index in [-0.39, 0.29) is 19.0 Å². The highest BCUT2D eigenvalue weighted by atomic mass is 35.5. The average molecular weight is 305 g/mol. The Morgan fingerprint density at radius 1 is 1.42 bits per heavy atom. The van der Waals surface area contributed by atoms with Crippen molar-refractivity contribution in [3.63, 3.8) is 0 Å². The van der Waals surface area contributed by atoms with E-state index in [9.17, 15) is 13.2 Å². The van der Waals surface area contributed by atoms with Gasteiger partial charge < -0.3 is 4.90 Å². The van der Waals surface area contributed by atoms with Crippen molar-refractivity contribution in [1.82, 2.24) is 4.72 Å². The number of halogens is 1. The minimum Gasteiger partial charge on any atom is -0.311 e. The third-order valence-electron chi connectivity index (χ3n) is 2.55. The van der Waals surface area contributed by atoms with Crippen molar-refractivity contribution in [2.24, 2.45) is 0 Å². The Morgan fingerprint density at radius 2 is 2.05 bits per heavy atom.